The standard InChI is InChI=1S/C22H22FNO3/c1-21(2,3)19(25)24-16-11-10-14(23)12-15(16)17-18(24)22(17,20(26)27-4)13-8-6-5-7-9-13/h5-12,17-18H,1-4H3/t17-,18+,22+/m1/s1. The third-order valence-corrected chi connectivity index (χ3v) is 5.66. The largest absolute Gasteiger partial charge is 0.468 e. The maximum Gasteiger partial charge on any atom is 0.319 e. The lowest BCUT2D eigenvalue weighted by atomic mass is 9.87. The van der Waals surface area contributed by atoms with Gasteiger partial charge in [0.05, 0.1) is 13.2 Å². The molecule has 1 fully saturated rings. The van der Waals surface area contributed by atoms with E-state index in [4.69, 9.17) is 4.74 Å². The summed E-state index contributed by atoms with van der Waals surface area (Å²) in [6.07, 6.45) is 0. The maximum atomic E-state index is 14.0. The number of fused-ring (bicyclic) bond motifs is 3. The molecule has 140 valence electrons. The molecule has 27 heavy (non-hydrogen) atoms. The van der Waals surface area contributed by atoms with Crippen molar-refractivity contribution < 1.29 is 18.7 Å². The normalized spacial score (nSPS) is 25.6. The van der Waals surface area contributed by atoms with Crippen molar-refractivity contribution >= 4 is 17.6 Å². The van der Waals surface area contributed by atoms with E-state index in [1.807, 2.05) is 51.1 Å². The van der Waals surface area contributed by atoms with Gasteiger partial charge in [0.2, 0.25) is 5.91 Å². The molecule has 4 rings (SSSR count). The van der Waals surface area contributed by atoms with Gasteiger partial charge in [-0.15, -0.1) is 0 Å². The molecule has 0 N–H and O–H groups in total. The van der Waals surface area contributed by atoms with E-state index in [1.54, 1.807) is 11.0 Å². The van der Waals surface area contributed by atoms with Gasteiger partial charge in [-0.2, -0.15) is 0 Å². The van der Waals surface area contributed by atoms with E-state index in [0.717, 1.165) is 5.56 Å². The predicted octanol–water partition coefficient (Wildman–Crippen LogP) is 3.80. The zero-order chi connectivity index (χ0) is 19.6. The highest BCUT2D eigenvalue weighted by Crippen LogP contribution is 2.70. The topological polar surface area (TPSA) is 46.6 Å². The number of carbonyl (C=O) groups excluding carboxylic acids is 2. The van der Waals surface area contributed by atoms with Crippen molar-refractivity contribution in [3.8, 4) is 0 Å². The van der Waals surface area contributed by atoms with E-state index in [-0.39, 0.29) is 17.6 Å². The molecule has 3 atom stereocenters. The van der Waals surface area contributed by atoms with Gasteiger partial charge in [0.1, 0.15) is 11.2 Å². The van der Waals surface area contributed by atoms with E-state index in [9.17, 15) is 14.0 Å². The van der Waals surface area contributed by atoms with Crippen molar-refractivity contribution in [3.63, 3.8) is 0 Å². The lowest BCUT2D eigenvalue weighted by molar-refractivity contribution is -0.144. The van der Waals surface area contributed by atoms with Gasteiger partial charge in [-0.3, -0.25) is 9.59 Å². The molecule has 0 saturated heterocycles. The number of carbonyl (C=O) groups is 2. The van der Waals surface area contributed by atoms with Crippen LogP contribution in [0.5, 0.6) is 0 Å². The molecule has 4 nitrogen and oxygen atoms in total. The van der Waals surface area contributed by atoms with Crippen LogP contribution in [0.25, 0.3) is 0 Å². The molecular weight excluding hydrogens is 345 g/mol. The zero-order valence-electron chi connectivity index (χ0n) is 15.8. The Labute approximate surface area is 157 Å². The van der Waals surface area contributed by atoms with Crippen LogP contribution in [0.4, 0.5) is 10.1 Å². The molecule has 1 saturated carbocycles. The molecule has 2 aliphatic rings. The first kappa shape index (κ1) is 17.7. The summed E-state index contributed by atoms with van der Waals surface area (Å²) in [4.78, 5) is 27.9. The number of anilines is 1. The van der Waals surface area contributed by atoms with Gasteiger partial charge in [0, 0.05) is 17.0 Å². The highest BCUT2D eigenvalue weighted by Gasteiger charge is 2.78. The second-order valence-corrected chi connectivity index (χ2v) is 8.28. The molecule has 1 aliphatic heterocycles. The number of nitrogens with zero attached hydrogens (tertiary/aromatic N) is 1. The monoisotopic (exact) mass is 367 g/mol. The maximum absolute atomic E-state index is 14.0. The molecule has 0 aromatic heterocycles. The number of methoxy groups -OCH3 is 1. The molecule has 1 heterocycles. The van der Waals surface area contributed by atoms with Gasteiger partial charge < -0.3 is 9.64 Å². The van der Waals surface area contributed by atoms with Crippen molar-refractivity contribution in [2.75, 3.05) is 12.0 Å². The summed E-state index contributed by atoms with van der Waals surface area (Å²) in [7, 11) is 1.35. The molecule has 2 aromatic rings. The molecule has 0 bridgehead atoms. The van der Waals surface area contributed by atoms with E-state index >= 15 is 0 Å². The lowest BCUT2D eigenvalue weighted by Gasteiger charge is -2.32. The number of benzene rings is 2. The highest BCUT2D eigenvalue weighted by molar-refractivity contribution is 6.07. The molecule has 0 unspecified atom stereocenters. The first-order valence-electron chi connectivity index (χ1n) is 9.01. The van der Waals surface area contributed by atoms with Crippen LogP contribution in [0.3, 0.4) is 0 Å². The fraction of sp³-hybridized carbons (Fsp3) is 0.364. The highest BCUT2D eigenvalue weighted by atomic mass is 19.1. The van der Waals surface area contributed by atoms with Crippen molar-refractivity contribution in [2.24, 2.45) is 5.41 Å². The van der Waals surface area contributed by atoms with Crippen LogP contribution in [0.15, 0.2) is 48.5 Å². The smallest absolute Gasteiger partial charge is 0.319 e. The first-order chi connectivity index (χ1) is 12.7. The van der Waals surface area contributed by atoms with E-state index < -0.39 is 22.8 Å². The summed E-state index contributed by atoms with van der Waals surface area (Å²) < 4.78 is 19.2. The Bertz CT molecular complexity index is 934. The van der Waals surface area contributed by atoms with Crippen LogP contribution in [0.2, 0.25) is 0 Å². The molecular formula is C22H22FNO3. The number of hydrogen-bond acceptors (Lipinski definition) is 3. The number of rotatable bonds is 2. The second-order valence-electron chi connectivity index (χ2n) is 8.28. The van der Waals surface area contributed by atoms with Gasteiger partial charge in [0.25, 0.3) is 0 Å². The van der Waals surface area contributed by atoms with E-state index in [0.29, 0.717) is 11.3 Å². The lowest BCUT2D eigenvalue weighted by Crippen LogP contribution is -2.45. The summed E-state index contributed by atoms with van der Waals surface area (Å²) >= 11 is 0. The van der Waals surface area contributed by atoms with E-state index in [2.05, 4.69) is 0 Å². The van der Waals surface area contributed by atoms with Crippen LogP contribution in [0.1, 0.15) is 37.8 Å². The predicted molar refractivity (Wildman–Crippen MR) is 100 cm³/mol. The van der Waals surface area contributed by atoms with Crippen LogP contribution in [-0.2, 0) is 19.7 Å². The zero-order valence-corrected chi connectivity index (χ0v) is 15.8. The van der Waals surface area contributed by atoms with Crippen molar-refractivity contribution in [3.05, 3.63) is 65.5 Å². The number of esters is 1. The van der Waals surface area contributed by atoms with Gasteiger partial charge in [-0.05, 0) is 29.3 Å². The minimum Gasteiger partial charge on any atom is -0.468 e. The van der Waals surface area contributed by atoms with Crippen LogP contribution < -0.4 is 4.90 Å². The summed E-state index contributed by atoms with van der Waals surface area (Å²) in [6.45, 7) is 5.53. The third kappa shape index (κ3) is 2.27. The van der Waals surface area contributed by atoms with Gasteiger partial charge in [-0.25, -0.2) is 4.39 Å². The quantitative estimate of drug-likeness (QED) is 0.759. The van der Waals surface area contributed by atoms with E-state index in [1.165, 1.54) is 19.2 Å². The number of amides is 1. The Hall–Kier alpha value is -2.69. The van der Waals surface area contributed by atoms with Crippen molar-refractivity contribution in [1.82, 2.24) is 0 Å². The summed E-state index contributed by atoms with van der Waals surface area (Å²) in [5.41, 5.74) is 0.515. The van der Waals surface area contributed by atoms with Gasteiger partial charge >= 0.3 is 5.97 Å². The number of hydrogen-bond donors (Lipinski definition) is 0. The third-order valence-electron chi connectivity index (χ3n) is 5.66. The fourth-order valence-corrected chi connectivity index (χ4v) is 4.48. The molecule has 2 aromatic carbocycles. The second kappa shape index (κ2) is 5.65. The average Bonchev–Trinajstić information content (AvgIpc) is 3.21. The first-order valence-corrected chi connectivity index (χ1v) is 9.01. The minimum atomic E-state index is -1.00. The molecule has 1 amide bonds. The molecule has 0 spiro atoms. The molecule has 0 radical (unpaired) electrons. The van der Waals surface area contributed by atoms with Gasteiger partial charge in [-0.1, -0.05) is 51.1 Å². The van der Waals surface area contributed by atoms with Crippen LogP contribution in [-0.4, -0.2) is 25.0 Å². The summed E-state index contributed by atoms with van der Waals surface area (Å²) in [6, 6.07) is 13.3. The SMILES string of the molecule is COC(=O)[C@@]1(c2ccccc2)[C@@H]2c3cc(F)ccc3N(C(=O)C(C)(C)C)[C@@H]21. The van der Waals surface area contributed by atoms with Crippen LogP contribution in [0, 0.1) is 11.2 Å². The Morgan fingerprint density at radius 3 is 2.37 bits per heavy atom. The fourth-order valence-electron chi connectivity index (χ4n) is 4.48. The van der Waals surface area contributed by atoms with Crippen molar-refractivity contribution in [2.45, 2.75) is 38.1 Å². The van der Waals surface area contributed by atoms with Crippen LogP contribution >= 0.6 is 0 Å². The summed E-state index contributed by atoms with van der Waals surface area (Å²) in [5, 5.41) is 0. The number of halogens is 1. The molecule has 1 aliphatic carbocycles. The minimum absolute atomic E-state index is 0.0930. The van der Waals surface area contributed by atoms with Gasteiger partial charge in [0.15, 0.2) is 0 Å². The summed E-state index contributed by atoms with van der Waals surface area (Å²) in [5.74, 6) is -1.18. The Morgan fingerprint density at radius 1 is 1.11 bits per heavy atom. The number of ether oxygens (including phenoxy) is 1. The Kier molecular flexibility index (Phi) is 3.71. The average molecular weight is 367 g/mol. The van der Waals surface area contributed by atoms with Crippen molar-refractivity contribution in [1.29, 1.82) is 0 Å². The molecule has 5 heteroatoms. The Balaban J connectivity index is 1.94. The Morgan fingerprint density at radius 2 is 1.78 bits per heavy atom.